The van der Waals surface area contributed by atoms with Crippen molar-refractivity contribution in [3.8, 4) is 5.75 Å². The van der Waals surface area contributed by atoms with Crippen molar-refractivity contribution in [3.05, 3.63) is 24.3 Å². The number of carbonyl (C=O) groups is 1. The number of rotatable bonds is 8. The van der Waals surface area contributed by atoms with E-state index in [1.165, 1.54) is 16.4 Å². The lowest BCUT2D eigenvalue weighted by Gasteiger charge is -2.30. The van der Waals surface area contributed by atoms with E-state index in [1.807, 2.05) is 13.8 Å². The number of hydrogen-bond donors (Lipinski definition) is 1. The molecule has 0 radical (unpaired) electrons. The van der Waals surface area contributed by atoms with Gasteiger partial charge in [0.25, 0.3) is 0 Å². The minimum absolute atomic E-state index is 0.122. The molecule has 1 fully saturated rings. The van der Waals surface area contributed by atoms with Crippen LogP contribution in [-0.4, -0.2) is 69.4 Å². The molecule has 25 heavy (non-hydrogen) atoms. The number of amides is 1. The smallest absolute Gasteiger partial charge is 0.243 e. The summed E-state index contributed by atoms with van der Waals surface area (Å²) in [6.45, 7) is 7.19. The van der Waals surface area contributed by atoms with Gasteiger partial charge in [-0.25, -0.2) is 8.42 Å². The number of piperazine rings is 1. The molecule has 0 aliphatic carbocycles. The van der Waals surface area contributed by atoms with Crippen LogP contribution >= 0.6 is 0 Å². The van der Waals surface area contributed by atoms with Gasteiger partial charge in [-0.15, -0.1) is 0 Å². The van der Waals surface area contributed by atoms with Crippen molar-refractivity contribution < 1.29 is 17.9 Å². The number of benzene rings is 1. The summed E-state index contributed by atoms with van der Waals surface area (Å²) in [5, 5.41) is 3.18. The van der Waals surface area contributed by atoms with Gasteiger partial charge in [0.15, 0.2) is 0 Å². The van der Waals surface area contributed by atoms with Gasteiger partial charge in [-0.3, -0.25) is 4.79 Å². The molecule has 0 saturated carbocycles. The van der Waals surface area contributed by atoms with E-state index >= 15 is 0 Å². The van der Waals surface area contributed by atoms with E-state index in [2.05, 4.69) is 5.32 Å². The quantitative estimate of drug-likeness (QED) is 0.737. The van der Waals surface area contributed by atoms with Crippen molar-refractivity contribution in [1.82, 2.24) is 14.5 Å². The monoisotopic (exact) mass is 369 g/mol. The summed E-state index contributed by atoms with van der Waals surface area (Å²) in [6.07, 6.45) is 0.644. The highest BCUT2D eigenvalue weighted by atomic mass is 32.2. The zero-order valence-corrected chi connectivity index (χ0v) is 15.7. The third kappa shape index (κ3) is 5.17. The molecule has 0 spiro atoms. The summed E-state index contributed by atoms with van der Waals surface area (Å²) in [5.74, 6) is 0.477. The highest BCUT2D eigenvalue weighted by Gasteiger charge is 2.28. The molecule has 0 aromatic heterocycles. The fourth-order valence-electron chi connectivity index (χ4n) is 2.72. The van der Waals surface area contributed by atoms with E-state index in [-0.39, 0.29) is 17.3 Å². The summed E-state index contributed by atoms with van der Waals surface area (Å²) in [4.78, 5) is 14.4. The highest BCUT2D eigenvalue weighted by molar-refractivity contribution is 7.89. The minimum Gasteiger partial charge on any atom is -0.494 e. The Morgan fingerprint density at radius 3 is 2.40 bits per heavy atom. The van der Waals surface area contributed by atoms with Gasteiger partial charge in [-0.05, 0) is 37.6 Å². The average molecular weight is 369 g/mol. The van der Waals surface area contributed by atoms with E-state index in [0.717, 1.165) is 13.1 Å². The number of sulfonamides is 1. The molecule has 1 N–H and O–H groups in total. The predicted octanol–water partition coefficient (Wildman–Crippen LogP) is 0.918. The molecule has 1 aliphatic rings. The van der Waals surface area contributed by atoms with Crippen LogP contribution in [0.1, 0.15) is 20.3 Å². The maximum Gasteiger partial charge on any atom is 0.243 e. The third-order valence-corrected chi connectivity index (χ3v) is 5.89. The van der Waals surface area contributed by atoms with Crippen LogP contribution in [0.2, 0.25) is 0 Å². The molecular formula is C17H27N3O4S. The first-order valence-electron chi connectivity index (χ1n) is 8.70. The first kappa shape index (κ1) is 19.7. The molecule has 1 aromatic rings. The molecule has 0 atom stereocenters. The summed E-state index contributed by atoms with van der Waals surface area (Å²) in [7, 11) is -3.71. The molecule has 1 aromatic carbocycles. The second-order valence-electron chi connectivity index (χ2n) is 5.87. The van der Waals surface area contributed by atoms with Gasteiger partial charge in [0, 0.05) is 32.7 Å². The molecule has 2 rings (SSSR count). The van der Waals surface area contributed by atoms with E-state index < -0.39 is 10.0 Å². The number of nitrogens with one attached hydrogen (secondary N) is 1. The summed E-state index contributed by atoms with van der Waals surface area (Å²) < 4.78 is 32.4. The number of hydrogen-bond acceptors (Lipinski definition) is 5. The molecule has 0 unspecified atom stereocenters. The lowest BCUT2D eigenvalue weighted by Crippen LogP contribution is -2.50. The lowest BCUT2D eigenvalue weighted by molar-refractivity contribution is -0.131. The third-order valence-electron chi connectivity index (χ3n) is 4.03. The molecular weight excluding hydrogens is 342 g/mol. The summed E-state index contributed by atoms with van der Waals surface area (Å²) in [6, 6.07) is 6.33. The summed E-state index contributed by atoms with van der Waals surface area (Å²) in [5.41, 5.74) is 0. The Hall–Kier alpha value is -1.64. The average Bonchev–Trinajstić information content (AvgIpc) is 2.63. The van der Waals surface area contributed by atoms with Crippen molar-refractivity contribution in [2.75, 3.05) is 45.9 Å². The fraction of sp³-hybridized carbons (Fsp3) is 0.588. The zero-order valence-electron chi connectivity index (χ0n) is 14.9. The Morgan fingerprint density at radius 2 is 1.84 bits per heavy atom. The second-order valence-corrected chi connectivity index (χ2v) is 7.81. The van der Waals surface area contributed by atoms with Crippen molar-refractivity contribution in [2.45, 2.75) is 25.2 Å². The van der Waals surface area contributed by atoms with Crippen LogP contribution in [0.25, 0.3) is 0 Å². The molecule has 7 nitrogen and oxygen atoms in total. The maximum atomic E-state index is 12.9. The van der Waals surface area contributed by atoms with Crippen molar-refractivity contribution in [2.24, 2.45) is 0 Å². The van der Waals surface area contributed by atoms with Gasteiger partial charge in [-0.1, -0.05) is 6.92 Å². The van der Waals surface area contributed by atoms with Crippen molar-refractivity contribution in [1.29, 1.82) is 0 Å². The first-order valence-corrected chi connectivity index (χ1v) is 10.1. The Morgan fingerprint density at radius 1 is 1.20 bits per heavy atom. The molecule has 1 saturated heterocycles. The van der Waals surface area contributed by atoms with Crippen molar-refractivity contribution in [3.63, 3.8) is 0 Å². The molecule has 8 heteroatoms. The standard InChI is InChI=1S/C17H27N3O4S/c1-3-11-20(14-17(21)19-12-9-18-10-13-19)25(22,23)16-7-5-15(6-8-16)24-4-2/h5-8,18H,3-4,9-14H2,1-2H3. The fourth-order valence-corrected chi connectivity index (χ4v) is 4.20. The van der Waals surface area contributed by atoms with E-state index in [0.29, 0.717) is 38.4 Å². The normalized spacial score (nSPS) is 15.4. The van der Waals surface area contributed by atoms with Gasteiger partial charge in [0.2, 0.25) is 15.9 Å². The largest absolute Gasteiger partial charge is 0.494 e. The minimum atomic E-state index is -3.71. The molecule has 1 aliphatic heterocycles. The van der Waals surface area contributed by atoms with Crippen LogP contribution in [0, 0.1) is 0 Å². The Kier molecular flexibility index (Phi) is 7.22. The zero-order chi connectivity index (χ0) is 18.3. The highest BCUT2D eigenvalue weighted by Crippen LogP contribution is 2.20. The molecule has 1 amide bonds. The van der Waals surface area contributed by atoms with Crippen LogP contribution in [0.15, 0.2) is 29.2 Å². The van der Waals surface area contributed by atoms with Gasteiger partial charge in [0.1, 0.15) is 5.75 Å². The van der Waals surface area contributed by atoms with Crippen LogP contribution in [0.4, 0.5) is 0 Å². The summed E-state index contributed by atoms with van der Waals surface area (Å²) >= 11 is 0. The maximum absolute atomic E-state index is 12.9. The van der Waals surface area contributed by atoms with Crippen LogP contribution in [0.3, 0.4) is 0 Å². The second kappa shape index (κ2) is 9.17. The van der Waals surface area contributed by atoms with Crippen LogP contribution in [0.5, 0.6) is 5.75 Å². The van der Waals surface area contributed by atoms with Gasteiger partial charge in [0.05, 0.1) is 18.0 Å². The number of nitrogens with zero attached hydrogens (tertiary/aromatic N) is 2. The number of carbonyl (C=O) groups excluding carboxylic acids is 1. The number of ether oxygens (including phenoxy) is 1. The Balaban J connectivity index is 2.14. The SMILES string of the molecule is CCCN(CC(=O)N1CCNCC1)S(=O)(=O)c1ccc(OCC)cc1. The van der Waals surface area contributed by atoms with Crippen LogP contribution in [-0.2, 0) is 14.8 Å². The van der Waals surface area contributed by atoms with E-state index in [1.54, 1.807) is 17.0 Å². The van der Waals surface area contributed by atoms with Gasteiger partial charge < -0.3 is 15.0 Å². The lowest BCUT2D eigenvalue weighted by atomic mass is 10.3. The molecule has 140 valence electrons. The Labute approximate surface area is 150 Å². The van der Waals surface area contributed by atoms with E-state index in [4.69, 9.17) is 4.74 Å². The van der Waals surface area contributed by atoms with E-state index in [9.17, 15) is 13.2 Å². The van der Waals surface area contributed by atoms with Gasteiger partial charge >= 0.3 is 0 Å². The first-order chi connectivity index (χ1) is 12.0. The topological polar surface area (TPSA) is 79.0 Å². The van der Waals surface area contributed by atoms with Crippen LogP contribution < -0.4 is 10.1 Å². The van der Waals surface area contributed by atoms with Gasteiger partial charge in [-0.2, -0.15) is 4.31 Å². The molecule has 0 bridgehead atoms. The molecule has 1 heterocycles. The predicted molar refractivity (Wildman–Crippen MR) is 96.1 cm³/mol. The Bertz CT molecular complexity index is 655. The van der Waals surface area contributed by atoms with Crippen molar-refractivity contribution >= 4 is 15.9 Å².